The van der Waals surface area contributed by atoms with Crippen molar-refractivity contribution in [3.63, 3.8) is 0 Å². The van der Waals surface area contributed by atoms with Gasteiger partial charge in [-0.05, 0) is 36.8 Å². The van der Waals surface area contributed by atoms with Crippen LogP contribution in [0.5, 0.6) is 5.75 Å². The largest absolute Gasteiger partial charge is 0.495 e. The number of benzene rings is 2. The highest BCUT2D eigenvalue weighted by atomic mass is 127. The molecule has 0 aliphatic carbocycles. The van der Waals surface area contributed by atoms with E-state index in [0.717, 1.165) is 0 Å². The molecule has 5 nitrogen and oxygen atoms in total. The SMILES string of the molecule is COc1ccccc1NC(N)=NCC(C)(O)c1ccc(F)cc1.I. The van der Waals surface area contributed by atoms with Gasteiger partial charge in [0, 0.05) is 0 Å². The molecule has 0 saturated carbocycles. The Hall–Kier alpha value is -1.87. The predicted molar refractivity (Wildman–Crippen MR) is 104 cm³/mol. The number of hydrogen-bond acceptors (Lipinski definition) is 3. The second-order valence-electron chi connectivity index (χ2n) is 5.31. The van der Waals surface area contributed by atoms with Gasteiger partial charge in [0.05, 0.1) is 19.3 Å². The molecule has 0 aliphatic rings. The summed E-state index contributed by atoms with van der Waals surface area (Å²) >= 11 is 0. The molecule has 0 heterocycles. The molecule has 0 saturated heterocycles. The van der Waals surface area contributed by atoms with Crippen LogP contribution in [0.15, 0.2) is 53.5 Å². The maximum absolute atomic E-state index is 13.0. The number of guanidine groups is 1. The van der Waals surface area contributed by atoms with Crippen LogP contribution in [0.3, 0.4) is 0 Å². The van der Waals surface area contributed by atoms with Crippen LogP contribution in [0, 0.1) is 5.82 Å². The standard InChI is InChI=1S/C17H20FN3O2.HI/c1-17(22,12-7-9-13(18)10-8-12)11-20-16(19)21-14-5-3-4-6-15(14)23-2;/h3-10,22H,11H2,1-2H3,(H3,19,20,21);1H. The van der Waals surface area contributed by atoms with Crippen molar-refractivity contribution in [3.05, 3.63) is 59.9 Å². The first-order valence-corrected chi connectivity index (χ1v) is 7.11. The van der Waals surface area contributed by atoms with E-state index in [4.69, 9.17) is 10.5 Å². The van der Waals surface area contributed by atoms with Gasteiger partial charge < -0.3 is 20.9 Å². The smallest absolute Gasteiger partial charge is 0.193 e. The Balaban J connectivity index is 0.00000288. The second kappa shape index (κ2) is 8.84. The minimum atomic E-state index is -1.25. The number of nitrogens with one attached hydrogen (secondary N) is 1. The van der Waals surface area contributed by atoms with Gasteiger partial charge in [0.2, 0.25) is 0 Å². The number of halogens is 2. The van der Waals surface area contributed by atoms with E-state index in [-0.39, 0.29) is 42.3 Å². The van der Waals surface area contributed by atoms with Gasteiger partial charge in [-0.25, -0.2) is 9.38 Å². The van der Waals surface area contributed by atoms with E-state index < -0.39 is 5.60 Å². The van der Waals surface area contributed by atoms with Crippen LogP contribution in [-0.2, 0) is 5.60 Å². The lowest BCUT2D eigenvalue weighted by Crippen LogP contribution is -2.29. The molecule has 2 rings (SSSR count). The van der Waals surface area contributed by atoms with Gasteiger partial charge in [0.15, 0.2) is 5.96 Å². The summed E-state index contributed by atoms with van der Waals surface area (Å²) in [4.78, 5) is 4.15. The van der Waals surface area contributed by atoms with Gasteiger partial charge in [-0.15, -0.1) is 24.0 Å². The first-order chi connectivity index (χ1) is 10.9. The van der Waals surface area contributed by atoms with Crippen molar-refractivity contribution in [2.75, 3.05) is 19.0 Å². The zero-order valence-corrected chi connectivity index (χ0v) is 15.8. The highest BCUT2D eigenvalue weighted by Gasteiger charge is 2.22. The topological polar surface area (TPSA) is 79.9 Å². The first-order valence-electron chi connectivity index (χ1n) is 7.11. The Bertz CT molecular complexity index is 690. The molecule has 0 bridgehead atoms. The van der Waals surface area contributed by atoms with Crippen LogP contribution in [0.25, 0.3) is 0 Å². The maximum atomic E-state index is 13.0. The quantitative estimate of drug-likeness (QED) is 0.376. The van der Waals surface area contributed by atoms with Crippen LogP contribution in [-0.4, -0.2) is 24.7 Å². The number of aliphatic hydroxyl groups is 1. The number of nitrogens with zero attached hydrogens (tertiary/aromatic N) is 1. The first kappa shape index (κ1) is 20.2. The zero-order chi connectivity index (χ0) is 16.9. The van der Waals surface area contributed by atoms with Crippen molar-refractivity contribution >= 4 is 35.6 Å². The van der Waals surface area contributed by atoms with Gasteiger partial charge in [0.1, 0.15) is 17.2 Å². The number of anilines is 1. The van der Waals surface area contributed by atoms with Gasteiger partial charge in [-0.1, -0.05) is 24.3 Å². The summed E-state index contributed by atoms with van der Waals surface area (Å²) in [6.07, 6.45) is 0. The highest BCUT2D eigenvalue weighted by molar-refractivity contribution is 14.0. The number of nitrogens with two attached hydrogens (primary N) is 1. The summed E-state index contributed by atoms with van der Waals surface area (Å²) in [5, 5.41) is 13.4. The number of ether oxygens (including phenoxy) is 1. The fourth-order valence-electron chi connectivity index (χ4n) is 2.06. The number of methoxy groups -OCH3 is 1. The molecule has 0 aromatic heterocycles. The number of hydrogen-bond donors (Lipinski definition) is 3. The molecule has 0 amide bonds. The summed E-state index contributed by atoms with van der Waals surface area (Å²) in [5.41, 5.74) is 5.84. The van der Waals surface area contributed by atoms with E-state index in [9.17, 15) is 9.50 Å². The summed E-state index contributed by atoms with van der Waals surface area (Å²) < 4.78 is 18.2. The monoisotopic (exact) mass is 445 g/mol. The zero-order valence-electron chi connectivity index (χ0n) is 13.5. The van der Waals surface area contributed by atoms with E-state index in [1.54, 1.807) is 26.2 Å². The van der Waals surface area contributed by atoms with Gasteiger partial charge in [0.25, 0.3) is 0 Å². The molecular weight excluding hydrogens is 424 g/mol. The molecule has 0 spiro atoms. The molecular formula is C17H21FIN3O2. The third kappa shape index (κ3) is 5.34. The normalized spacial score (nSPS) is 13.6. The van der Waals surface area contributed by atoms with E-state index >= 15 is 0 Å². The van der Waals surface area contributed by atoms with Crippen LogP contribution >= 0.6 is 24.0 Å². The van der Waals surface area contributed by atoms with Crippen LogP contribution < -0.4 is 15.8 Å². The average Bonchev–Trinajstić information content (AvgIpc) is 2.54. The Labute approximate surface area is 157 Å². The lowest BCUT2D eigenvalue weighted by molar-refractivity contribution is 0.0673. The molecule has 2 aromatic rings. The minimum absolute atomic E-state index is 0. The van der Waals surface area contributed by atoms with E-state index in [0.29, 0.717) is 17.0 Å². The Morgan fingerprint density at radius 1 is 1.25 bits per heavy atom. The van der Waals surface area contributed by atoms with Crippen LogP contribution in [0.2, 0.25) is 0 Å². The molecule has 0 radical (unpaired) electrons. The molecule has 1 atom stereocenters. The van der Waals surface area contributed by atoms with E-state index in [2.05, 4.69) is 10.3 Å². The minimum Gasteiger partial charge on any atom is -0.495 e. The lowest BCUT2D eigenvalue weighted by atomic mass is 9.96. The van der Waals surface area contributed by atoms with Gasteiger partial charge >= 0.3 is 0 Å². The van der Waals surface area contributed by atoms with Crippen molar-refractivity contribution in [3.8, 4) is 5.75 Å². The van der Waals surface area contributed by atoms with E-state index in [1.807, 2.05) is 12.1 Å². The van der Waals surface area contributed by atoms with Crippen molar-refractivity contribution < 1.29 is 14.2 Å². The van der Waals surface area contributed by atoms with Crippen molar-refractivity contribution in [1.29, 1.82) is 0 Å². The maximum Gasteiger partial charge on any atom is 0.193 e. The Morgan fingerprint density at radius 3 is 2.50 bits per heavy atom. The lowest BCUT2D eigenvalue weighted by Gasteiger charge is -2.22. The predicted octanol–water partition coefficient (Wildman–Crippen LogP) is 3.09. The van der Waals surface area contributed by atoms with Crippen LogP contribution in [0.1, 0.15) is 12.5 Å². The van der Waals surface area contributed by atoms with Crippen molar-refractivity contribution in [2.45, 2.75) is 12.5 Å². The average molecular weight is 445 g/mol. The fraction of sp³-hybridized carbons (Fsp3) is 0.235. The molecule has 0 fully saturated rings. The number of aliphatic imine (C=N–C) groups is 1. The fourth-order valence-corrected chi connectivity index (χ4v) is 2.06. The summed E-state index contributed by atoms with van der Waals surface area (Å²) in [7, 11) is 1.56. The highest BCUT2D eigenvalue weighted by Crippen LogP contribution is 2.23. The summed E-state index contributed by atoms with van der Waals surface area (Å²) in [6.45, 7) is 1.63. The van der Waals surface area contributed by atoms with Crippen molar-refractivity contribution in [2.24, 2.45) is 10.7 Å². The summed E-state index contributed by atoms with van der Waals surface area (Å²) in [6, 6.07) is 12.9. The molecule has 0 aliphatic heterocycles. The summed E-state index contributed by atoms with van der Waals surface area (Å²) in [5.74, 6) is 0.429. The molecule has 7 heteroatoms. The third-order valence-corrected chi connectivity index (χ3v) is 3.39. The molecule has 1 unspecified atom stereocenters. The molecule has 130 valence electrons. The Morgan fingerprint density at radius 2 is 1.88 bits per heavy atom. The second-order valence-corrected chi connectivity index (χ2v) is 5.31. The van der Waals surface area contributed by atoms with Gasteiger partial charge in [-0.2, -0.15) is 0 Å². The molecule has 4 N–H and O–H groups in total. The molecule has 24 heavy (non-hydrogen) atoms. The van der Waals surface area contributed by atoms with Crippen molar-refractivity contribution in [1.82, 2.24) is 0 Å². The van der Waals surface area contributed by atoms with E-state index in [1.165, 1.54) is 24.3 Å². The van der Waals surface area contributed by atoms with Crippen LogP contribution in [0.4, 0.5) is 10.1 Å². The Kier molecular flexibility index (Phi) is 7.43. The third-order valence-electron chi connectivity index (χ3n) is 3.39. The number of rotatable bonds is 5. The number of para-hydroxylation sites is 2. The molecule has 2 aromatic carbocycles. The van der Waals surface area contributed by atoms with Gasteiger partial charge in [-0.3, -0.25) is 0 Å².